The number of hydrogen-bond acceptors (Lipinski definition) is 2. The van der Waals surface area contributed by atoms with Gasteiger partial charge in [-0.1, -0.05) is 6.92 Å². The molecular formula is C13H14F3NO3. The summed E-state index contributed by atoms with van der Waals surface area (Å²) < 4.78 is 39.8. The smallest absolute Gasteiger partial charge is 0.305 e. The van der Waals surface area contributed by atoms with Crippen LogP contribution in [0.5, 0.6) is 0 Å². The number of amides is 1. The number of rotatable bonds is 6. The van der Waals surface area contributed by atoms with Crippen molar-refractivity contribution in [3.8, 4) is 0 Å². The highest BCUT2D eigenvalue weighted by atomic mass is 19.2. The number of halogens is 3. The lowest BCUT2D eigenvalue weighted by molar-refractivity contribution is -0.136. The average Bonchev–Trinajstić information content (AvgIpc) is 2.38. The molecular weight excluding hydrogens is 275 g/mol. The Bertz CT molecular complexity index is 520. The highest BCUT2D eigenvalue weighted by Crippen LogP contribution is 2.24. The third kappa shape index (κ3) is 3.72. The van der Waals surface area contributed by atoms with Crippen LogP contribution < -0.4 is 4.90 Å². The molecule has 1 N–H and O–H groups in total. The number of anilines is 1. The minimum Gasteiger partial charge on any atom is -0.481 e. The molecule has 0 saturated carbocycles. The SMILES string of the molecule is CCCC(=O)N(CCC(=O)O)c1ccc(F)c(F)c1F. The summed E-state index contributed by atoms with van der Waals surface area (Å²) in [6.07, 6.45) is 0.0969. The molecule has 0 radical (unpaired) electrons. The Balaban J connectivity index is 3.12. The third-order valence-electron chi connectivity index (χ3n) is 2.62. The van der Waals surface area contributed by atoms with Crippen LogP contribution in [0.2, 0.25) is 0 Å². The highest BCUT2D eigenvalue weighted by molar-refractivity contribution is 5.93. The largest absolute Gasteiger partial charge is 0.481 e. The second kappa shape index (κ2) is 6.93. The zero-order valence-electron chi connectivity index (χ0n) is 10.8. The number of carbonyl (C=O) groups is 2. The lowest BCUT2D eigenvalue weighted by atomic mass is 10.2. The van der Waals surface area contributed by atoms with E-state index >= 15 is 0 Å². The Kier molecular flexibility index (Phi) is 5.54. The highest BCUT2D eigenvalue weighted by Gasteiger charge is 2.23. The summed E-state index contributed by atoms with van der Waals surface area (Å²) in [6, 6.07) is 1.61. The van der Waals surface area contributed by atoms with Crippen molar-refractivity contribution in [2.75, 3.05) is 11.4 Å². The van der Waals surface area contributed by atoms with Crippen molar-refractivity contribution in [3.63, 3.8) is 0 Å². The Hall–Kier alpha value is -2.05. The predicted molar refractivity (Wildman–Crippen MR) is 65.8 cm³/mol. The molecule has 0 aromatic heterocycles. The lowest BCUT2D eigenvalue weighted by Crippen LogP contribution is -2.33. The lowest BCUT2D eigenvalue weighted by Gasteiger charge is -2.22. The molecule has 0 bridgehead atoms. The fourth-order valence-corrected chi connectivity index (χ4v) is 1.66. The van der Waals surface area contributed by atoms with Crippen molar-refractivity contribution in [3.05, 3.63) is 29.6 Å². The molecule has 0 aliphatic heterocycles. The zero-order chi connectivity index (χ0) is 15.3. The fourth-order valence-electron chi connectivity index (χ4n) is 1.66. The van der Waals surface area contributed by atoms with Crippen molar-refractivity contribution in [2.45, 2.75) is 26.2 Å². The molecule has 0 saturated heterocycles. The van der Waals surface area contributed by atoms with Crippen molar-refractivity contribution < 1.29 is 27.9 Å². The second-order valence-electron chi connectivity index (χ2n) is 4.13. The van der Waals surface area contributed by atoms with Gasteiger partial charge in [-0.2, -0.15) is 0 Å². The molecule has 1 rings (SSSR count). The van der Waals surface area contributed by atoms with Crippen LogP contribution in [0.3, 0.4) is 0 Å². The third-order valence-corrected chi connectivity index (χ3v) is 2.62. The normalized spacial score (nSPS) is 10.4. The zero-order valence-corrected chi connectivity index (χ0v) is 10.8. The van der Waals surface area contributed by atoms with Gasteiger partial charge in [-0.15, -0.1) is 0 Å². The first-order valence-corrected chi connectivity index (χ1v) is 6.04. The Morgan fingerprint density at radius 1 is 1.15 bits per heavy atom. The molecule has 1 aromatic rings. The van der Waals surface area contributed by atoms with E-state index in [4.69, 9.17) is 5.11 Å². The first-order valence-electron chi connectivity index (χ1n) is 6.04. The number of carboxylic acids is 1. The van der Waals surface area contributed by atoms with Crippen molar-refractivity contribution in [2.24, 2.45) is 0 Å². The summed E-state index contributed by atoms with van der Waals surface area (Å²) >= 11 is 0. The molecule has 1 amide bonds. The summed E-state index contributed by atoms with van der Waals surface area (Å²) in [4.78, 5) is 23.2. The summed E-state index contributed by atoms with van der Waals surface area (Å²) in [5.41, 5.74) is -0.455. The number of carboxylic acid groups (broad SMARTS) is 1. The molecule has 0 unspecified atom stereocenters. The molecule has 1 aromatic carbocycles. The van der Waals surface area contributed by atoms with Crippen molar-refractivity contribution >= 4 is 17.6 Å². The number of benzene rings is 1. The summed E-state index contributed by atoms with van der Waals surface area (Å²) in [5, 5.41) is 8.62. The van der Waals surface area contributed by atoms with E-state index in [2.05, 4.69) is 0 Å². The van der Waals surface area contributed by atoms with E-state index in [0.29, 0.717) is 12.5 Å². The number of nitrogens with zero attached hydrogens (tertiary/aromatic N) is 1. The molecule has 0 fully saturated rings. The molecule has 0 spiro atoms. The summed E-state index contributed by atoms with van der Waals surface area (Å²) in [7, 11) is 0. The molecule has 7 heteroatoms. The Morgan fingerprint density at radius 2 is 1.80 bits per heavy atom. The van der Waals surface area contributed by atoms with Crippen molar-refractivity contribution in [1.29, 1.82) is 0 Å². The minimum absolute atomic E-state index is 0.0536. The fraction of sp³-hybridized carbons (Fsp3) is 0.385. The second-order valence-corrected chi connectivity index (χ2v) is 4.13. The van der Waals surface area contributed by atoms with Gasteiger partial charge in [0.05, 0.1) is 12.1 Å². The van der Waals surface area contributed by atoms with Gasteiger partial charge in [-0.3, -0.25) is 9.59 Å². The van der Waals surface area contributed by atoms with Gasteiger partial charge in [-0.25, -0.2) is 13.2 Å². The van der Waals surface area contributed by atoms with Crippen LogP contribution in [0.1, 0.15) is 26.2 Å². The number of hydrogen-bond donors (Lipinski definition) is 1. The summed E-state index contributed by atoms with van der Waals surface area (Å²) in [5.74, 6) is -6.28. The first kappa shape index (κ1) is 16.0. The van der Waals surface area contributed by atoms with Crippen LogP contribution in [-0.4, -0.2) is 23.5 Å². The van der Waals surface area contributed by atoms with E-state index in [1.165, 1.54) is 0 Å². The quantitative estimate of drug-likeness (QED) is 0.819. The van der Waals surface area contributed by atoms with Crippen LogP contribution in [-0.2, 0) is 9.59 Å². The maximum Gasteiger partial charge on any atom is 0.305 e. The molecule has 0 atom stereocenters. The topological polar surface area (TPSA) is 57.6 Å². The van der Waals surface area contributed by atoms with E-state index in [-0.39, 0.29) is 13.0 Å². The van der Waals surface area contributed by atoms with Gasteiger partial charge in [0.25, 0.3) is 0 Å². The van der Waals surface area contributed by atoms with E-state index in [1.54, 1.807) is 6.92 Å². The van der Waals surface area contributed by atoms with E-state index < -0.39 is 41.4 Å². The average molecular weight is 289 g/mol. The number of carbonyl (C=O) groups excluding carboxylic acids is 1. The molecule has 0 aliphatic carbocycles. The number of aliphatic carboxylic acids is 1. The molecule has 4 nitrogen and oxygen atoms in total. The van der Waals surface area contributed by atoms with Crippen LogP contribution in [0.25, 0.3) is 0 Å². The van der Waals surface area contributed by atoms with Gasteiger partial charge in [0.2, 0.25) is 5.91 Å². The maximum atomic E-state index is 13.7. The van der Waals surface area contributed by atoms with Crippen molar-refractivity contribution in [1.82, 2.24) is 0 Å². The van der Waals surface area contributed by atoms with Gasteiger partial charge in [0.15, 0.2) is 17.5 Å². The first-order chi connectivity index (χ1) is 9.38. The van der Waals surface area contributed by atoms with Gasteiger partial charge in [-0.05, 0) is 18.6 Å². The van der Waals surface area contributed by atoms with E-state index in [1.807, 2.05) is 0 Å². The van der Waals surface area contributed by atoms with Crippen LogP contribution >= 0.6 is 0 Å². The van der Waals surface area contributed by atoms with Crippen LogP contribution in [0.15, 0.2) is 12.1 Å². The Labute approximate surface area is 113 Å². The monoisotopic (exact) mass is 289 g/mol. The molecule has 0 heterocycles. The van der Waals surface area contributed by atoms with Crippen LogP contribution in [0, 0.1) is 17.5 Å². The predicted octanol–water partition coefficient (Wildman–Crippen LogP) is 2.71. The molecule has 110 valence electrons. The molecule has 0 aliphatic rings. The summed E-state index contributed by atoms with van der Waals surface area (Å²) in [6.45, 7) is 1.41. The van der Waals surface area contributed by atoms with Gasteiger partial charge >= 0.3 is 5.97 Å². The van der Waals surface area contributed by atoms with Gasteiger partial charge in [0.1, 0.15) is 0 Å². The van der Waals surface area contributed by atoms with Crippen LogP contribution in [0.4, 0.5) is 18.9 Å². The minimum atomic E-state index is -1.69. The van der Waals surface area contributed by atoms with Gasteiger partial charge < -0.3 is 10.0 Å². The van der Waals surface area contributed by atoms with E-state index in [0.717, 1.165) is 11.0 Å². The maximum absolute atomic E-state index is 13.7. The van der Waals surface area contributed by atoms with E-state index in [9.17, 15) is 22.8 Å². The van der Waals surface area contributed by atoms with Gasteiger partial charge in [0, 0.05) is 13.0 Å². The standard InChI is InChI=1S/C13H14F3NO3/c1-2-3-10(18)17(7-6-11(19)20)9-5-4-8(14)12(15)13(9)16/h4-5H,2-3,6-7H2,1H3,(H,19,20). The Morgan fingerprint density at radius 3 is 2.35 bits per heavy atom. The molecule has 20 heavy (non-hydrogen) atoms.